The molecule has 0 aliphatic carbocycles. The van der Waals surface area contributed by atoms with Crippen LogP contribution in [0.5, 0.6) is 0 Å². The first-order valence-corrected chi connectivity index (χ1v) is 9.60. The van der Waals surface area contributed by atoms with Gasteiger partial charge in [0, 0.05) is 31.2 Å². The number of ether oxygens (including phenoxy) is 1. The van der Waals surface area contributed by atoms with Gasteiger partial charge in [0.25, 0.3) is 5.89 Å². The van der Waals surface area contributed by atoms with Crippen molar-refractivity contribution in [2.45, 2.75) is 44.6 Å². The van der Waals surface area contributed by atoms with E-state index in [1.165, 1.54) is 0 Å². The van der Waals surface area contributed by atoms with E-state index in [9.17, 15) is 4.79 Å². The van der Waals surface area contributed by atoms with E-state index in [1.807, 2.05) is 35.2 Å². The lowest BCUT2D eigenvalue weighted by Crippen LogP contribution is -2.41. The van der Waals surface area contributed by atoms with Gasteiger partial charge in [-0.25, -0.2) is 0 Å². The molecule has 0 N–H and O–H groups in total. The first-order valence-electron chi connectivity index (χ1n) is 9.60. The van der Waals surface area contributed by atoms with Crippen LogP contribution in [-0.4, -0.2) is 40.7 Å². The number of amides is 1. The van der Waals surface area contributed by atoms with Gasteiger partial charge in [-0.3, -0.25) is 4.79 Å². The Labute approximate surface area is 153 Å². The van der Waals surface area contributed by atoms with Crippen LogP contribution in [0.25, 0.3) is 11.5 Å². The van der Waals surface area contributed by atoms with Crippen molar-refractivity contribution in [1.82, 2.24) is 15.0 Å². The van der Waals surface area contributed by atoms with E-state index in [-0.39, 0.29) is 17.9 Å². The van der Waals surface area contributed by atoms with Crippen molar-refractivity contribution in [1.29, 1.82) is 0 Å². The Morgan fingerprint density at radius 1 is 1.04 bits per heavy atom. The Morgan fingerprint density at radius 3 is 2.65 bits per heavy atom. The second-order valence-electron chi connectivity index (χ2n) is 7.11. The van der Waals surface area contributed by atoms with Gasteiger partial charge in [-0.15, -0.1) is 0 Å². The third-order valence-corrected chi connectivity index (χ3v) is 5.37. The molecule has 4 rings (SSSR count). The number of nitrogens with zero attached hydrogens (tertiary/aromatic N) is 3. The minimum Gasteiger partial charge on any atom is -0.381 e. The van der Waals surface area contributed by atoms with Gasteiger partial charge in [-0.05, 0) is 37.8 Å². The van der Waals surface area contributed by atoms with Crippen LogP contribution in [0.3, 0.4) is 0 Å². The molecule has 3 heterocycles. The van der Waals surface area contributed by atoms with E-state index in [4.69, 9.17) is 9.26 Å². The molecular formula is C20H25N3O3. The lowest BCUT2D eigenvalue weighted by atomic mass is 9.97. The molecule has 1 atom stereocenters. The number of benzene rings is 1. The Hall–Kier alpha value is -2.21. The zero-order valence-electron chi connectivity index (χ0n) is 15.0. The van der Waals surface area contributed by atoms with Gasteiger partial charge >= 0.3 is 0 Å². The van der Waals surface area contributed by atoms with Crippen LogP contribution in [0.2, 0.25) is 0 Å². The van der Waals surface area contributed by atoms with Crippen LogP contribution in [0.4, 0.5) is 0 Å². The summed E-state index contributed by atoms with van der Waals surface area (Å²) >= 11 is 0. The molecule has 0 radical (unpaired) electrons. The standard InChI is InChI=1S/C20H25N3O3/c24-20(16-10-13-25-14-11-16)23-12-6-2-5-9-17(23)18-21-19(26-22-18)15-7-3-1-4-8-15/h1,3-4,7-8,16-17H,2,5-6,9-14H2/t17-/m1/s1. The SMILES string of the molecule is O=C(C1CCOCC1)N1CCCCC[C@@H]1c1noc(-c2ccccc2)n1. The summed E-state index contributed by atoms with van der Waals surface area (Å²) in [5.41, 5.74) is 0.905. The predicted molar refractivity (Wildman–Crippen MR) is 96.2 cm³/mol. The molecule has 26 heavy (non-hydrogen) atoms. The monoisotopic (exact) mass is 355 g/mol. The molecule has 6 heteroatoms. The molecule has 138 valence electrons. The van der Waals surface area contributed by atoms with Crippen LogP contribution in [0.1, 0.15) is 50.4 Å². The Balaban J connectivity index is 1.57. The summed E-state index contributed by atoms with van der Waals surface area (Å²) < 4.78 is 10.9. The molecule has 1 amide bonds. The Kier molecular flexibility index (Phi) is 5.29. The van der Waals surface area contributed by atoms with Gasteiger partial charge in [-0.2, -0.15) is 4.98 Å². The van der Waals surface area contributed by atoms with Crippen LogP contribution in [0.15, 0.2) is 34.9 Å². The lowest BCUT2D eigenvalue weighted by molar-refractivity contribution is -0.141. The highest BCUT2D eigenvalue weighted by Gasteiger charge is 2.34. The zero-order valence-corrected chi connectivity index (χ0v) is 15.0. The van der Waals surface area contributed by atoms with Gasteiger partial charge < -0.3 is 14.2 Å². The normalized spacial score (nSPS) is 22.2. The third kappa shape index (κ3) is 3.65. The molecule has 2 saturated heterocycles. The van der Waals surface area contributed by atoms with Crippen molar-refractivity contribution in [2.75, 3.05) is 19.8 Å². The minimum atomic E-state index is -0.0888. The summed E-state index contributed by atoms with van der Waals surface area (Å²) in [5.74, 6) is 1.44. The summed E-state index contributed by atoms with van der Waals surface area (Å²) in [4.78, 5) is 19.8. The summed E-state index contributed by atoms with van der Waals surface area (Å²) in [7, 11) is 0. The maximum Gasteiger partial charge on any atom is 0.257 e. The molecule has 6 nitrogen and oxygen atoms in total. The predicted octanol–water partition coefficient (Wildman–Crippen LogP) is 3.61. The fourth-order valence-electron chi connectivity index (χ4n) is 3.89. The number of carbonyl (C=O) groups is 1. The summed E-state index contributed by atoms with van der Waals surface area (Å²) in [5, 5.41) is 4.23. The maximum atomic E-state index is 13.2. The average Bonchev–Trinajstić information content (AvgIpc) is 3.07. The van der Waals surface area contributed by atoms with Crippen LogP contribution < -0.4 is 0 Å². The summed E-state index contributed by atoms with van der Waals surface area (Å²) in [6.07, 6.45) is 5.76. The number of hydrogen-bond donors (Lipinski definition) is 0. The molecule has 0 saturated carbocycles. The Morgan fingerprint density at radius 2 is 1.85 bits per heavy atom. The van der Waals surface area contributed by atoms with Crippen molar-refractivity contribution in [3.05, 3.63) is 36.2 Å². The zero-order chi connectivity index (χ0) is 17.8. The fraction of sp³-hybridized carbons (Fsp3) is 0.550. The van der Waals surface area contributed by atoms with Crippen molar-refractivity contribution >= 4 is 5.91 Å². The van der Waals surface area contributed by atoms with E-state index in [0.29, 0.717) is 24.9 Å². The summed E-state index contributed by atoms with van der Waals surface area (Å²) in [6, 6.07) is 9.68. The highest BCUT2D eigenvalue weighted by Crippen LogP contribution is 2.32. The van der Waals surface area contributed by atoms with Crippen molar-refractivity contribution in [2.24, 2.45) is 5.92 Å². The molecule has 1 aromatic carbocycles. The number of likely N-dealkylation sites (tertiary alicyclic amines) is 1. The van der Waals surface area contributed by atoms with Crippen molar-refractivity contribution in [3.8, 4) is 11.5 Å². The van der Waals surface area contributed by atoms with Crippen LogP contribution >= 0.6 is 0 Å². The molecule has 0 spiro atoms. The Bertz CT molecular complexity index is 725. The second-order valence-corrected chi connectivity index (χ2v) is 7.11. The van der Waals surface area contributed by atoms with Crippen molar-refractivity contribution in [3.63, 3.8) is 0 Å². The number of carbonyl (C=O) groups excluding carboxylic acids is 1. The number of aromatic nitrogens is 2. The molecule has 0 unspecified atom stereocenters. The summed E-state index contributed by atoms with van der Waals surface area (Å²) in [6.45, 7) is 2.13. The lowest BCUT2D eigenvalue weighted by Gasteiger charge is -2.32. The smallest absolute Gasteiger partial charge is 0.257 e. The molecular weight excluding hydrogens is 330 g/mol. The van der Waals surface area contributed by atoms with Gasteiger partial charge in [0.15, 0.2) is 5.82 Å². The molecule has 2 fully saturated rings. The maximum absolute atomic E-state index is 13.2. The number of hydrogen-bond acceptors (Lipinski definition) is 5. The first-order chi connectivity index (χ1) is 12.8. The van der Waals surface area contributed by atoms with E-state index >= 15 is 0 Å². The second kappa shape index (κ2) is 7.99. The van der Waals surface area contributed by atoms with Gasteiger partial charge in [0.1, 0.15) is 0 Å². The molecule has 2 aliphatic rings. The minimum absolute atomic E-state index is 0.0600. The average molecular weight is 355 g/mol. The largest absolute Gasteiger partial charge is 0.381 e. The molecule has 2 aromatic rings. The quantitative estimate of drug-likeness (QED) is 0.841. The van der Waals surface area contributed by atoms with E-state index in [0.717, 1.165) is 50.6 Å². The first kappa shape index (κ1) is 17.2. The topological polar surface area (TPSA) is 68.5 Å². The van der Waals surface area contributed by atoms with Crippen molar-refractivity contribution < 1.29 is 14.1 Å². The fourth-order valence-corrected chi connectivity index (χ4v) is 3.89. The third-order valence-electron chi connectivity index (χ3n) is 5.37. The van der Waals surface area contributed by atoms with Gasteiger partial charge in [-0.1, -0.05) is 36.2 Å². The van der Waals surface area contributed by atoms with E-state index in [2.05, 4.69) is 10.1 Å². The molecule has 0 bridgehead atoms. The number of rotatable bonds is 3. The van der Waals surface area contributed by atoms with Gasteiger partial charge in [0.2, 0.25) is 5.91 Å². The highest BCUT2D eigenvalue weighted by molar-refractivity contribution is 5.79. The van der Waals surface area contributed by atoms with Crippen LogP contribution in [-0.2, 0) is 9.53 Å². The molecule has 2 aliphatic heterocycles. The van der Waals surface area contributed by atoms with E-state index in [1.54, 1.807) is 0 Å². The van der Waals surface area contributed by atoms with Crippen LogP contribution in [0, 0.1) is 5.92 Å². The van der Waals surface area contributed by atoms with E-state index < -0.39 is 0 Å². The van der Waals surface area contributed by atoms with Gasteiger partial charge in [0.05, 0.1) is 6.04 Å². The highest BCUT2D eigenvalue weighted by atomic mass is 16.5. The molecule has 1 aromatic heterocycles.